The monoisotopic (exact) mass is 317 g/mol. The highest BCUT2D eigenvalue weighted by atomic mass is 35.5. The molecular weight excluding hydrogens is 307 g/mol. The molecule has 0 atom stereocenters. The number of hydrogen-bond donors (Lipinski definition) is 0. The van der Waals surface area contributed by atoms with Gasteiger partial charge >= 0.3 is 6.18 Å². The third-order valence-corrected chi connectivity index (χ3v) is 3.32. The smallest absolute Gasteiger partial charge is 0.451 e. The topological polar surface area (TPSA) is 42.2 Å². The Labute approximate surface area is 123 Å². The van der Waals surface area contributed by atoms with Gasteiger partial charge in [-0.05, 0) is 25.0 Å². The van der Waals surface area contributed by atoms with Crippen molar-refractivity contribution >= 4 is 17.4 Å². The maximum atomic E-state index is 12.8. The first-order valence-electron chi connectivity index (χ1n) is 6.34. The third kappa shape index (κ3) is 3.29. The van der Waals surface area contributed by atoms with Crippen molar-refractivity contribution in [3.63, 3.8) is 0 Å². The summed E-state index contributed by atoms with van der Waals surface area (Å²) in [4.78, 5) is 8.62. The summed E-state index contributed by atoms with van der Waals surface area (Å²) in [6.45, 7) is 0.350. The van der Waals surface area contributed by atoms with Gasteiger partial charge in [0.25, 0.3) is 0 Å². The van der Waals surface area contributed by atoms with Crippen molar-refractivity contribution in [2.75, 3.05) is 4.90 Å². The molecule has 2 heterocycles. The van der Waals surface area contributed by atoms with Crippen LogP contribution in [0.25, 0.3) is 0 Å². The molecule has 3 rings (SSSR count). The number of rotatable bonds is 4. The first-order valence-corrected chi connectivity index (χ1v) is 6.72. The van der Waals surface area contributed by atoms with E-state index >= 15 is 0 Å². The fraction of sp³-hybridized carbons (Fsp3) is 0.385. The van der Waals surface area contributed by atoms with Gasteiger partial charge in [0.05, 0.1) is 12.8 Å². The molecule has 1 saturated carbocycles. The number of anilines is 1. The molecule has 1 aliphatic rings. The highest BCUT2D eigenvalue weighted by Crippen LogP contribution is 2.35. The summed E-state index contributed by atoms with van der Waals surface area (Å²) < 4.78 is 43.6. The first-order chi connectivity index (χ1) is 9.93. The molecule has 0 radical (unpaired) electrons. The van der Waals surface area contributed by atoms with Crippen LogP contribution in [0, 0.1) is 0 Å². The van der Waals surface area contributed by atoms with E-state index in [1.165, 1.54) is 12.3 Å². The van der Waals surface area contributed by atoms with Crippen molar-refractivity contribution < 1.29 is 17.6 Å². The normalized spacial score (nSPS) is 15.2. The second-order valence-corrected chi connectivity index (χ2v) is 5.20. The van der Waals surface area contributed by atoms with Crippen molar-refractivity contribution in [3.05, 3.63) is 41.2 Å². The minimum Gasteiger partial charge on any atom is -0.467 e. The number of nitrogens with zero attached hydrogens (tertiary/aromatic N) is 3. The van der Waals surface area contributed by atoms with Gasteiger partial charge < -0.3 is 9.32 Å². The van der Waals surface area contributed by atoms with E-state index in [0.717, 1.165) is 12.8 Å². The Bertz CT molecular complexity index is 626. The van der Waals surface area contributed by atoms with Gasteiger partial charge in [-0.2, -0.15) is 13.2 Å². The van der Waals surface area contributed by atoms with E-state index < -0.39 is 12.0 Å². The molecule has 0 saturated heterocycles. The van der Waals surface area contributed by atoms with Gasteiger partial charge in [0.2, 0.25) is 5.82 Å². The largest absolute Gasteiger partial charge is 0.467 e. The molecule has 2 aromatic rings. The number of halogens is 4. The maximum Gasteiger partial charge on any atom is 0.451 e. The Hall–Kier alpha value is -1.76. The number of furan rings is 1. The van der Waals surface area contributed by atoms with Crippen molar-refractivity contribution in [1.29, 1.82) is 0 Å². The van der Waals surface area contributed by atoms with Crippen LogP contribution in [0.4, 0.5) is 19.0 Å². The molecule has 1 aliphatic carbocycles. The zero-order chi connectivity index (χ0) is 15.0. The van der Waals surface area contributed by atoms with Crippen LogP contribution in [-0.4, -0.2) is 16.0 Å². The maximum absolute atomic E-state index is 12.8. The molecule has 0 N–H and O–H groups in total. The Morgan fingerprint density at radius 2 is 2.10 bits per heavy atom. The Morgan fingerprint density at radius 1 is 1.33 bits per heavy atom. The number of alkyl halides is 3. The average molecular weight is 318 g/mol. The SMILES string of the molecule is FC(F)(F)c1nc(Cl)cc(N(Cc2ccco2)C2CC2)n1. The minimum atomic E-state index is -4.63. The van der Waals surface area contributed by atoms with Gasteiger partial charge in [0, 0.05) is 12.1 Å². The third-order valence-electron chi connectivity index (χ3n) is 3.12. The van der Waals surface area contributed by atoms with Crippen molar-refractivity contribution in [3.8, 4) is 0 Å². The van der Waals surface area contributed by atoms with Gasteiger partial charge in [-0.25, -0.2) is 9.97 Å². The summed E-state index contributed by atoms with van der Waals surface area (Å²) in [6.07, 6.45) is -1.29. The molecule has 0 amide bonds. The summed E-state index contributed by atoms with van der Waals surface area (Å²) in [7, 11) is 0. The average Bonchev–Trinajstić information content (AvgIpc) is 3.11. The summed E-state index contributed by atoms with van der Waals surface area (Å²) in [6, 6.07) is 5.00. The fourth-order valence-electron chi connectivity index (χ4n) is 2.03. The minimum absolute atomic E-state index is 0.155. The van der Waals surface area contributed by atoms with Crippen LogP contribution < -0.4 is 4.90 Å². The first kappa shape index (κ1) is 14.2. The van der Waals surface area contributed by atoms with Gasteiger partial charge in [-0.3, -0.25) is 0 Å². The van der Waals surface area contributed by atoms with Crippen LogP contribution in [0.15, 0.2) is 28.9 Å². The zero-order valence-corrected chi connectivity index (χ0v) is 11.5. The molecule has 21 heavy (non-hydrogen) atoms. The number of hydrogen-bond acceptors (Lipinski definition) is 4. The summed E-state index contributed by atoms with van der Waals surface area (Å²) in [5.74, 6) is -0.401. The molecular formula is C13H11ClF3N3O. The van der Waals surface area contributed by atoms with Crippen LogP contribution in [0.2, 0.25) is 5.15 Å². The molecule has 0 aromatic carbocycles. The second-order valence-electron chi connectivity index (χ2n) is 4.81. The van der Waals surface area contributed by atoms with E-state index in [1.54, 1.807) is 17.0 Å². The molecule has 8 heteroatoms. The lowest BCUT2D eigenvalue weighted by Crippen LogP contribution is -2.27. The second kappa shape index (κ2) is 5.22. The standard InChI is InChI=1S/C13H11ClF3N3O/c14-10-6-11(19-12(18-10)13(15,16)17)20(8-3-4-8)7-9-2-1-5-21-9/h1-2,5-6,8H,3-4,7H2. The van der Waals surface area contributed by atoms with Gasteiger partial charge in [0.15, 0.2) is 0 Å². The van der Waals surface area contributed by atoms with Crippen LogP contribution in [0.5, 0.6) is 0 Å². The summed E-state index contributed by atoms with van der Waals surface area (Å²) >= 11 is 5.71. The molecule has 2 aromatic heterocycles. The lowest BCUT2D eigenvalue weighted by molar-refractivity contribution is -0.144. The highest BCUT2D eigenvalue weighted by molar-refractivity contribution is 6.29. The van der Waals surface area contributed by atoms with Gasteiger partial charge in [-0.15, -0.1) is 0 Å². The van der Waals surface area contributed by atoms with E-state index in [0.29, 0.717) is 12.3 Å². The van der Waals surface area contributed by atoms with Crippen molar-refractivity contribution in [1.82, 2.24) is 9.97 Å². The molecule has 1 fully saturated rings. The van der Waals surface area contributed by atoms with Crippen molar-refractivity contribution in [2.45, 2.75) is 31.6 Å². The van der Waals surface area contributed by atoms with Crippen LogP contribution in [-0.2, 0) is 12.7 Å². The van der Waals surface area contributed by atoms with E-state index in [1.807, 2.05) is 0 Å². The van der Waals surface area contributed by atoms with Gasteiger partial charge in [0.1, 0.15) is 16.7 Å². The van der Waals surface area contributed by atoms with Crippen molar-refractivity contribution in [2.24, 2.45) is 0 Å². The van der Waals surface area contributed by atoms with E-state index in [9.17, 15) is 13.2 Å². The molecule has 0 unspecified atom stereocenters. The fourth-order valence-corrected chi connectivity index (χ4v) is 2.21. The predicted octanol–water partition coefficient (Wildman–Crippen LogP) is 3.91. The van der Waals surface area contributed by atoms with Crippen LogP contribution in [0.3, 0.4) is 0 Å². The number of aromatic nitrogens is 2. The van der Waals surface area contributed by atoms with Gasteiger partial charge in [-0.1, -0.05) is 11.6 Å². The van der Waals surface area contributed by atoms with E-state index in [2.05, 4.69) is 9.97 Å². The molecule has 0 spiro atoms. The summed E-state index contributed by atoms with van der Waals surface area (Å²) in [5, 5.41) is -0.225. The highest BCUT2D eigenvalue weighted by Gasteiger charge is 2.37. The van der Waals surface area contributed by atoms with E-state index in [4.69, 9.17) is 16.0 Å². The quantitative estimate of drug-likeness (QED) is 0.802. The van der Waals surface area contributed by atoms with E-state index in [-0.39, 0.29) is 17.0 Å². The Kier molecular flexibility index (Phi) is 3.52. The molecule has 0 bridgehead atoms. The molecule has 112 valence electrons. The molecule has 4 nitrogen and oxygen atoms in total. The van der Waals surface area contributed by atoms with Crippen LogP contribution in [0.1, 0.15) is 24.4 Å². The zero-order valence-electron chi connectivity index (χ0n) is 10.8. The Morgan fingerprint density at radius 3 is 2.67 bits per heavy atom. The van der Waals surface area contributed by atoms with Crippen LogP contribution >= 0.6 is 11.6 Å². The Balaban J connectivity index is 1.94. The summed E-state index contributed by atoms with van der Waals surface area (Å²) in [5.41, 5.74) is 0. The predicted molar refractivity (Wildman–Crippen MR) is 70.0 cm³/mol. The lowest BCUT2D eigenvalue weighted by atomic mass is 10.3. The molecule has 0 aliphatic heterocycles. The lowest BCUT2D eigenvalue weighted by Gasteiger charge is -2.23.